The van der Waals surface area contributed by atoms with Crippen molar-refractivity contribution in [3.05, 3.63) is 77.3 Å². The van der Waals surface area contributed by atoms with Crippen molar-refractivity contribution < 1.29 is 13.6 Å². The molecule has 1 heterocycles. The van der Waals surface area contributed by atoms with Gasteiger partial charge in [-0.15, -0.1) is 0 Å². The van der Waals surface area contributed by atoms with Gasteiger partial charge in [-0.2, -0.15) is 0 Å². The Bertz CT molecular complexity index is 887. The van der Waals surface area contributed by atoms with Crippen LogP contribution in [0.3, 0.4) is 0 Å². The number of anilines is 2. The molecule has 5 nitrogen and oxygen atoms in total. The maximum atomic E-state index is 14.0. The van der Waals surface area contributed by atoms with Gasteiger partial charge in [0, 0.05) is 5.69 Å². The Hall–Kier alpha value is -3.15. The van der Waals surface area contributed by atoms with Crippen LogP contribution in [-0.2, 0) is 17.8 Å². The van der Waals surface area contributed by atoms with Gasteiger partial charge in [-0.05, 0) is 37.6 Å². The molecule has 0 saturated carbocycles. The molecule has 0 bridgehead atoms. The largest absolute Gasteiger partial charge is 0.444 e. The summed E-state index contributed by atoms with van der Waals surface area (Å²) >= 11 is 0. The van der Waals surface area contributed by atoms with Crippen LogP contribution in [0.5, 0.6) is 0 Å². The van der Waals surface area contributed by atoms with Gasteiger partial charge in [0.05, 0.1) is 24.3 Å². The van der Waals surface area contributed by atoms with Crippen LogP contribution in [0.2, 0.25) is 0 Å². The molecular formula is C20H20FN3O2. The Balaban J connectivity index is 1.64. The predicted octanol–water partition coefficient (Wildman–Crippen LogP) is 4.22. The van der Waals surface area contributed by atoms with Gasteiger partial charge < -0.3 is 15.1 Å². The highest BCUT2D eigenvalue weighted by Crippen LogP contribution is 2.21. The van der Waals surface area contributed by atoms with E-state index < -0.39 is 5.82 Å². The molecule has 0 spiro atoms. The highest BCUT2D eigenvalue weighted by atomic mass is 19.1. The smallest absolute Gasteiger partial charge is 0.228 e. The van der Waals surface area contributed by atoms with Crippen LogP contribution in [-0.4, -0.2) is 10.9 Å². The lowest BCUT2D eigenvalue weighted by Crippen LogP contribution is -2.15. The van der Waals surface area contributed by atoms with Gasteiger partial charge in [0.25, 0.3) is 0 Å². The highest BCUT2D eigenvalue weighted by Gasteiger charge is 2.10. The van der Waals surface area contributed by atoms with Gasteiger partial charge in [-0.3, -0.25) is 4.79 Å². The number of carbonyl (C=O) groups excluding carboxylic acids is 1. The summed E-state index contributed by atoms with van der Waals surface area (Å²) in [5.74, 6) is 0.569. The van der Waals surface area contributed by atoms with E-state index in [1.165, 1.54) is 6.07 Å². The number of carbonyl (C=O) groups is 1. The van der Waals surface area contributed by atoms with Crippen LogP contribution in [0.15, 0.2) is 52.9 Å². The molecule has 0 aliphatic rings. The molecule has 0 aliphatic carbocycles. The van der Waals surface area contributed by atoms with E-state index in [4.69, 9.17) is 4.42 Å². The summed E-state index contributed by atoms with van der Waals surface area (Å²) < 4.78 is 19.5. The summed E-state index contributed by atoms with van der Waals surface area (Å²) in [5, 5.41) is 5.74. The zero-order valence-corrected chi connectivity index (χ0v) is 14.7. The Kier molecular flexibility index (Phi) is 5.31. The molecule has 134 valence electrons. The molecule has 3 aromatic rings. The molecule has 0 radical (unpaired) electrons. The van der Waals surface area contributed by atoms with Crippen molar-refractivity contribution in [2.75, 3.05) is 10.6 Å². The van der Waals surface area contributed by atoms with E-state index in [2.05, 4.69) is 15.6 Å². The quantitative estimate of drug-likeness (QED) is 0.696. The fourth-order valence-corrected chi connectivity index (χ4v) is 2.50. The second-order valence-electron chi connectivity index (χ2n) is 6.01. The van der Waals surface area contributed by atoms with Crippen LogP contribution >= 0.6 is 0 Å². The lowest BCUT2D eigenvalue weighted by molar-refractivity contribution is -0.115. The maximum absolute atomic E-state index is 14.0. The molecule has 1 amide bonds. The normalized spacial score (nSPS) is 10.6. The summed E-state index contributed by atoms with van der Waals surface area (Å²) in [6.07, 6.45) is 0.187. The Morgan fingerprint density at radius 3 is 2.62 bits per heavy atom. The number of nitrogens with zero attached hydrogens (tertiary/aromatic N) is 1. The number of hydrogen-bond acceptors (Lipinski definition) is 4. The molecule has 6 heteroatoms. The zero-order chi connectivity index (χ0) is 18.5. The fourth-order valence-electron chi connectivity index (χ4n) is 2.50. The minimum absolute atomic E-state index is 0.135. The topological polar surface area (TPSA) is 67.2 Å². The van der Waals surface area contributed by atoms with E-state index in [9.17, 15) is 9.18 Å². The standard InChI is InChI=1S/C20H20FN3O2/c1-13-14(2)26-20(23-13)12-22-16-8-9-17(21)18(11-16)24-19(25)10-15-6-4-3-5-7-15/h3-9,11,22H,10,12H2,1-2H3,(H,24,25). The van der Waals surface area contributed by atoms with E-state index in [0.717, 1.165) is 17.0 Å². The summed E-state index contributed by atoms with van der Waals surface area (Å²) in [4.78, 5) is 16.4. The predicted molar refractivity (Wildman–Crippen MR) is 98.5 cm³/mol. The zero-order valence-electron chi connectivity index (χ0n) is 14.7. The summed E-state index contributed by atoms with van der Waals surface area (Å²) in [7, 11) is 0. The molecule has 3 rings (SSSR count). The third-order valence-corrected chi connectivity index (χ3v) is 3.96. The first-order valence-corrected chi connectivity index (χ1v) is 8.31. The van der Waals surface area contributed by atoms with Gasteiger partial charge in [0.1, 0.15) is 11.6 Å². The van der Waals surface area contributed by atoms with Gasteiger partial charge in [-0.1, -0.05) is 30.3 Å². The first kappa shape index (κ1) is 17.7. The second kappa shape index (κ2) is 7.82. The molecule has 2 N–H and O–H groups in total. The van der Waals surface area contributed by atoms with Crippen LogP contribution in [0.4, 0.5) is 15.8 Å². The fraction of sp³-hybridized carbons (Fsp3) is 0.200. The van der Waals surface area contributed by atoms with Gasteiger partial charge in [0.2, 0.25) is 11.8 Å². The van der Waals surface area contributed by atoms with E-state index in [0.29, 0.717) is 18.1 Å². The third kappa shape index (κ3) is 4.47. The van der Waals surface area contributed by atoms with Crippen molar-refractivity contribution in [1.82, 2.24) is 4.98 Å². The molecule has 26 heavy (non-hydrogen) atoms. The number of aromatic nitrogens is 1. The van der Waals surface area contributed by atoms with Gasteiger partial charge >= 0.3 is 0 Å². The minimum atomic E-state index is -0.486. The lowest BCUT2D eigenvalue weighted by Gasteiger charge is -2.10. The van der Waals surface area contributed by atoms with Crippen LogP contribution in [0, 0.1) is 19.7 Å². The number of halogens is 1. The van der Waals surface area contributed by atoms with Gasteiger partial charge in [0.15, 0.2) is 0 Å². The SMILES string of the molecule is Cc1nc(CNc2ccc(F)c(NC(=O)Cc3ccccc3)c2)oc1C. The molecule has 0 atom stereocenters. The van der Waals surface area contributed by atoms with Crippen molar-refractivity contribution >= 4 is 17.3 Å². The van der Waals surface area contributed by atoms with Crippen molar-refractivity contribution in [3.8, 4) is 0 Å². The average molecular weight is 353 g/mol. The van der Waals surface area contributed by atoms with Crippen molar-refractivity contribution in [2.24, 2.45) is 0 Å². The van der Waals surface area contributed by atoms with Crippen LogP contribution in [0.1, 0.15) is 22.9 Å². The summed E-state index contributed by atoms with van der Waals surface area (Å²) in [6.45, 7) is 4.10. The minimum Gasteiger partial charge on any atom is -0.444 e. The number of benzene rings is 2. The monoisotopic (exact) mass is 353 g/mol. The molecule has 0 fully saturated rings. The lowest BCUT2D eigenvalue weighted by atomic mass is 10.1. The third-order valence-electron chi connectivity index (χ3n) is 3.96. The highest BCUT2D eigenvalue weighted by molar-refractivity contribution is 5.92. The second-order valence-corrected chi connectivity index (χ2v) is 6.01. The van der Waals surface area contributed by atoms with Crippen molar-refractivity contribution in [1.29, 1.82) is 0 Å². The Labute approximate surface area is 151 Å². The Morgan fingerprint density at radius 1 is 1.15 bits per heavy atom. The molecule has 1 aromatic heterocycles. The molecule has 0 saturated heterocycles. The first-order valence-electron chi connectivity index (χ1n) is 8.31. The summed E-state index contributed by atoms with van der Waals surface area (Å²) in [5.41, 5.74) is 2.51. The summed E-state index contributed by atoms with van der Waals surface area (Å²) in [6, 6.07) is 13.8. The van der Waals surface area contributed by atoms with Crippen LogP contribution in [0.25, 0.3) is 0 Å². The molecule has 2 aromatic carbocycles. The molecular weight excluding hydrogens is 333 g/mol. The number of nitrogens with one attached hydrogen (secondary N) is 2. The van der Waals surface area contributed by atoms with E-state index >= 15 is 0 Å². The number of hydrogen-bond donors (Lipinski definition) is 2. The van der Waals surface area contributed by atoms with Crippen molar-refractivity contribution in [2.45, 2.75) is 26.8 Å². The molecule has 0 unspecified atom stereocenters. The number of oxazole rings is 1. The van der Waals surface area contributed by atoms with E-state index in [1.54, 1.807) is 12.1 Å². The average Bonchev–Trinajstić information content (AvgIpc) is 2.94. The number of aryl methyl sites for hydroxylation is 2. The van der Waals surface area contributed by atoms with Crippen molar-refractivity contribution in [3.63, 3.8) is 0 Å². The van der Waals surface area contributed by atoms with Crippen LogP contribution < -0.4 is 10.6 Å². The molecule has 0 aliphatic heterocycles. The van der Waals surface area contributed by atoms with E-state index in [-0.39, 0.29) is 18.0 Å². The number of amides is 1. The van der Waals surface area contributed by atoms with Gasteiger partial charge in [-0.25, -0.2) is 9.37 Å². The first-order chi connectivity index (χ1) is 12.5. The van der Waals surface area contributed by atoms with E-state index in [1.807, 2.05) is 44.2 Å². The number of rotatable bonds is 6. The Morgan fingerprint density at radius 2 is 1.92 bits per heavy atom. The maximum Gasteiger partial charge on any atom is 0.228 e.